The molecule has 0 aromatic heterocycles. The molecule has 0 fully saturated rings. The number of hydrogen-bond acceptors (Lipinski definition) is 3. The van der Waals surface area contributed by atoms with E-state index in [1.54, 1.807) is 19.1 Å². The molecule has 1 aliphatic carbocycles. The molecule has 1 aliphatic rings. The topological polar surface area (TPSA) is 46.5 Å². The Morgan fingerprint density at radius 2 is 1.76 bits per heavy atom. The van der Waals surface area contributed by atoms with E-state index in [0.29, 0.717) is 5.75 Å². The average molecular weight is 340 g/mol. The van der Waals surface area contributed by atoms with Crippen molar-refractivity contribution in [2.75, 3.05) is 6.61 Å². The molecule has 3 nitrogen and oxygen atoms in total. The molecule has 0 saturated heterocycles. The molecule has 0 aliphatic heterocycles. The lowest BCUT2D eigenvalue weighted by Crippen LogP contribution is -2.45. The minimum absolute atomic E-state index is 0.253. The first kappa shape index (κ1) is 19.2. The largest absolute Gasteiger partial charge is 0.426 e. The van der Waals surface area contributed by atoms with Crippen LogP contribution in [0.15, 0.2) is 54.1 Å². The van der Waals surface area contributed by atoms with Gasteiger partial charge >= 0.3 is 5.97 Å². The number of benzene rings is 1. The summed E-state index contributed by atoms with van der Waals surface area (Å²) >= 11 is 0. The van der Waals surface area contributed by atoms with E-state index in [9.17, 15) is 9.90 Å². The van der Waals surface area contributed by atoms with Crippen LogP contribution in [0, 0.1) is 10.8 Å². The van der Waals surface area contributed by atoms with Crippen LogP contribution in [0.4, 0.5) is 0 Å². The van der Waals surface area contributed by atoms with Crippen molar-refractivity contribution in [3.05, 3.63) is 59.7 Å². The fourth-order valence-corrected chi connectivity index (χ4v) is 2.46. The van der Waals surface area contributed by atoms with Gasteiger partial charge in [-0.2, -0.15) is 0 Å². The number of ether oxygens (including phenoxy) is 1. The summed E-state index contributed by atoms with van der Waals surface area (Å²) in [5, 5.41) is 9.71. The van der Waals surface area contributed by atoms with Crippen molar-refractivity contribution < 1.29 is 14.6 Å². The van der Waals surface area contributed by atoms with Gasteiger partial charge in [-0.3, -0.25) is 4.79 Å². The molecule has 0 amide bonds. The molecule has 25 heavy (non-hydrogen) atoms. The van der Waals surface area contributed by atoms with E-state index in [2.05, 4.69) is 31.2 Å². The van der Waals surface area contributed by atoms with Crippen molar-refractivity contribution in [1.29, 1.82) is 0 Å². The van der Waals surface area contributed by atoms with Crippen LogP contribution in [0.5, 0.6) is 5.75 Å². The highest BCUT2D eigenvalue weighted by Gasteiger charge is 2.45. The molecule has 1 unspecified atom stereocenters. The van der Waals surface area contributed by atoms with Crippen LogP contribution >= 0.6 is 0 Å². The summed E-state index contributed by atoms with van der Waals surface area (Å²) in [6.45, 7) is 9.37. The van der Waals surface area contributed by atoms with Gasteiger partial charge in [-0.1, -0.05) is 62.8 Å². The number of hydrogen-bond donors (Lipinski definition) is 1. The third-order valence-electron chi connectivity index (χ3n) is 5.10. The normalized spacial score (nSPS) is 17.2. The molecule has 0 saturated carbocycles. The quantitative estimate of drug-likeness (QED) is 0.625. The predicted molar refractivity (Wildman–Crippen MR) is 102 cm³/mol. The Kier molecular flexibility index (Phi) is 5.69. The third kappa shape index (κ3) is 4.29. The lowest BCUT2D eigenvalue weighted by Gasteiger charge is -2.37. The Morgan fingerprint density at radius 3 is 2.32 bits per heavy atom. The highest BCUT2D eigenvalue weighted by molar-refractivity contribution is 5.80. The highest BCUT2D eigenvalue weighted by Crippen LogP contribution is 2.39. The molecule has 1 aromatic rings. The average Bonchev–Trinajstić information content (AvgIpc) is 2.78. The maximum absolute atomic E-state index is 12.6. The van der Waals surface area contributed by atoms with Crippen LogP contribution in [-0.2, 0) is 4.79 Å². The summed E-state index contributed by atoms with van der Waals surface area (Å²) < 4.78 is 5.53. The minimum atomic E-state index is -0.958. The number of aliphatic hydroxyl groups is 1. The summed E-state index contributed by atoms with van der Waals surface area (Å²) in [6, 6.07) is 7.48. The van der Waals surface area contributed by atoms with Gasteiger partial charge in [-0.15, -0.1) is 0 Å². The number of allylic oxidation sites excluding steroid dienone is 6. The molecule has 3 heteroatoms. The van der Waals surface area contributed by atoms with E-state index in [1.165, 1.54) is 5.57 Å². The zero-order chi connectivity index (χ0) is 18.7. The Hall–Kier alpha value is -2.13. The molecule has 1 N–H and O–H groups in total. The number of esters is 1. The molecule has 0 heterocycles. The van der Waals surface area contributed by atoms with Gasteiger partial charge < -0.3 is 9.84 Å². The van der Waals surface area contributed by atoms with Crippen molar-refractivity contribution in [2.24, 2.45) is 10.8 Å². The second-order valence-electron chi connectivity index (χ2n) is 7.90. The first-order valence-electron chi connectivity index (χ1n) is 8.65. The lowest BCUT2D eigenvalue weighted by molar-refractivity contribution is -0.155. The van der Waals surface area contributed by atoms with Crippen LogP contribution in [0.2, 0.25) is 0 Å². The third-order valence-corrected chi connectivity index (χ3v) is 5.10. The van der Waals surface area contributed by atoms with Crippen molar-refractivity contribution in [3.63, 3.8) is 0 Å². The number of aliphatic hydroxyl groups excluding tert-OH is 1. The molecule has 0 radical (unpaired) electrons. The van der Waals surface area contributed by atoms with Gasteiger partial charge in [0.25, 0.3) is 0 Å². The van der Waals surface area contributed by atoms with E-state index < -0.39 is 16.8 Å². The molecule has 0 bridgehead atoms. The number of carbonyl (C=O) groups excluding carboxylic acids is 1. The molecule has 0 spiro atoms. The van der Waals surface area contributed by atoms with Crippen molar-refractivity contribution in [2.45, 2.75) is 41.0 Å². The fraction of sp³-hybridized carbons (Fsp3) is 0.409. The number of carbonyl (C=O) groups is 1. The SMILES string of the molecule is CC1=CC=C(c2ccc(OC(=O)C(C)(CO)C(C)(C)C)cc2)C=CC1. The number of rotatable bonds is 4. The van der Waals surface area contributed by atoms with Gasteiger partial charge in [0, 0.05) is 0 Å². The van der Waals surface area contributed by atoms with Crippen LogP contribution in [0.3, 0.4) is 0 Å². The summed E-state index contributed by atoms with van der Waals surface area (Å²) in [5.41, 5.74) is 2.16. The van der Waals surface area contributed by atoms with Crippen molar-refractivity contribution in [1.82, 2.24) is 0 Å². The van der Waals surface area contributed by atoms with Crippen molar-refractivity contribution >= 4 is 11.5 Å². The molecular weight excluding hydrogens is 312 g/mol. The second-order valence-corrected chi connectivity index (χ2v) is 7.90. The second kappa shape index (κ2) is 7.40. The first-order valence-corrected chi connectivity index (χ1v) is 8.65. The van der Waals surface area contributed by atoms with Gasteiger partial charge in [0.1, 0.15) is 5.75 Å². The van der Waals surface area contributed by atoms with E-state index in [4.69, 9.17) is 4.74 Å². The highest BCUT2D eigenvalue weighted by atomic mass is 16.5. The molecular formula is C22H28O3. The summed E-state index contributed by atoms with van der Waals surface area (Å²) in [4.78, 5) is 12.6. The van der Waals surface area contributed by atoms with Gasteiger partial charge in [0.05, 0.1) is 12.0 Å². The summed E-state index contributed by atoms with van der Waals surface area (Å²) in [5.74, 6) is 0.0741. The zero-order valence-corrected chi connectivity index (χ0v) is 15.8. The fourth-order valence-electron chi connectivity index (χ4n) is 2.46. The zero-order valence-electron chi connectivity index (χ0n) is 15.8. The maximum atomic E-state index is 12.6. The van der Waals surface area contributed by atoms with Crippen LogP contribution < -0.4 is 4.74 Å². The maximum Gasteiger partial charge on any atom is 0.320 e. The Bertz CT molecular complexity index is 715. The van der Waals surface area contributed by atoms with Gasteiger partial charge in [-0.05, 0) is 49.0 Å². The minimum Gasteiger partial charge on any atom is -0.426 e. The van der Waals surface area contributed by atoms with Crippen molar-refractivity contribution in [3.8, 4) is 5.75 Å². The summed E-state index contributed by atoms with van der Waals surface area (Å²) in [7, 11) is 0. The molecule has 1 atom stereocenters. The van der Waals surface area contributed by atoms with Gasteiger partial charge in [-0.25, -0.2) is 0 Å². The molecule has 1 aromatic carbocycles. The smallest absolute Gasteiger partial charge is 0.320 e. The molecule has 134 valence electrons. The van der Waals surface area contributed by atoms with Crippen LogP contribution in [0.25, 0.3) is 5.57 Å². The standard InChI is InChI=1S/C22H28O3/c1-16-7-6-8-17(10-9-16)18-11-13-19(14-12-18)25-20(24)22(5,15-23)21(2,3)4/h6,8-14,23H,7,15H2,1-5H3. The van der Waals surface area contributed by atoms with Gasteiger partial charge in [0.2, 0.25) is 0 Å². The van der Waals surface area contributed by atoms with Crippen LogP contribution in [-0.4, -0.2) is 17.7 Å². The predicted octanol–water partition coefficient (Wildman–Crippen LogP) is 4.93. The summed E-state index contributed by atoms with van der Waals surface area (Å²) in [6.07, 6.45) is 9.44. The Balaban J connectivity index is 2.17. The lowest BCUT2D eigenvalue weighted by atomic mass is 9.68. The Labute approximate surface area is 150 Å². The van der Waals surface area contributed by atoms with Crippen LogP contribution in [0.1, 0.15) is 46.6 Å². The molecule has 2 rings (SSSR count). The van der Waals surface area contributed by atoms with E-state index in [0.717, 1.165) is 17.6 Å². The Morgan fingerprint density at radius 1 is 1.12 bits per heavy atom. The monoisotopic (exact) mass is 340 g/mol. The first-order chi connectivity index (χ1) is 11.7. The van der Waals surface area contributed by atoms with E-state index in [1.807, 2.05) is 32.9 Å². The van der Waals surface area contributed by atoms with E-state index in [-0.39, 0.29) is 6.61 Å². The van der Waals surface area contributed by atoms with E-state index >= 15 is 0 Å². The van der Waals surface area contributed by atoms with Gasteiger partial charge in [0.15, 0.2) is 0 Å².